The summed E-state index contributed by atoms with van der Waals surface area (Å²) in [7, 11) is 0. The number of nitrogens with one attached hydrogen (secondary N) is 1. The molecule has 0 aliphatic heterocycles. The molecule has 0 atom stereocenters. The highest BCUT2D eigenvalue weighted by Gasteiger charge is 2.07. The average molecular weight is 440 g/mol. The Kier molecular flexibility index (Phi) is 6.06. The maximum absolute atomic E-state index is 12.0. The summed E-state index contributed by atoms with van der Waals surface area (Å²) in [4.78, 5) is 23.1. The summed E-state index contributed by atoms with van der Waals surface area (Å²) in [5.74, 6) is -0.409. The van der Waals surface area contributed by atoms with Crippen molar-refractivity contribution in [3.05, 3.63) is 62.5 Å². The average Bonchev–Trinajstić information content (AvgIpc) is 2.49. The van der Waals surface area contributed by atoms with Crippen molar-refractivity contribution in [1.29, 1.82) is 0 Å². The minimum Gasteiger partial charge on any atom is -0.426 e. The van der Waals surface area contributed by atoms with E-state index in [1.807, 2.05) is 6.07 Å². The number of hydrogen-bond acceptors (Lipinski definition) is 4. The largest absolute Gasteiger partial charge is 0.426 e. The third-order valence-corrected chi connectivity index (χ3v) is 3.67. The van der Waals surface area contributed by atoms with Crippen molar-refractivity contribution in [3.8, 4) is 5.75 Å². The molecule has 0 heterocycles. The minimum absolute atomic E-state index is 0.341. The summed E-state index contributed by atoms with van der Waals surface area (Å²) in [5.41, 5.74) is 3.47. The van der Waals surface area contributed by atoms with Crippen LogP contribution >= 0.6 is 31.9 Å². The normalized spacial score (nSPS) is 10.6. The fourth-order valence-electron chi connectivity index (χ4n) is 1.72. The van der Waals surface area contributed by atoms with E-state index in [-0.39, 0.29) is 5.91 Å². The van der Waals surface area contributed by atoms with Crippen molar-refractivity contribution in [2.75, 3.05) is 0 Å². The lowest BCUT2D eigenvalue weighted by molar-refractivity contribution is -0.131. The zero-order chi connectivity index (χ0) is 16.8. The predicted octanol–water partition coefficient (Wildman–Crippen LogP) is 3.90. The smallest absolute Gasteiger partial charge is 0.308 e. The van der Waals surface area contributed by atoms with E-state index in [1.165, 1.54) is 13.1 Å². The predicted molar refractivity (Wildman–Crippen MR) is 94.7 cm³/mol. The second-order valence-electron chi connectivity index (χ2n) is 4.49. The van der Waals surface area contributed by atoms with E-state index in [1.54, 1.807) is 36.4 Å². The number of amides is 1. The summed E-state index contributed by atoms with van der Waals surface area (Å²) < 4.78 is 6.69. The van der Waals surface area contributed by atoms with Crippen LogP contribution in [0.4, 0.5) is 0 Å². The Morgan fingerprint density at radius 3 is 2.57 bits per heavy atom. The summed E-state index contributed by atoms with van der Waals surface area (Å²) >= 11 is 6.64. The van der Waals surface area contributed by atoms with Gasteiger partial charge in [0.2, 0.25) is 0 Å². The fraction of sp³-hybridized carbons (Fsp3) is 0.0625. The van der Waals surface area contributed by atoms with E-state index in [0.29, 0.717) is 16.9 Å². The second-order valence-corrected chi connectivity index (χ2v) is 6.32. The quantitative estimate of drug-likeness (QED) is 0.340. The maximum atomic E-state index is 12.0. The molecule has 0 fully saturated rings. The van der Waals surface area contributed by atoms with Gasteiger partial charge in [-0.15, -0.1) is 0 Å². The monoisotopic (exact) mass is 438 g/mol. The van der Waals surface area contributed by atoms with Crippen molar-refractivity contribution in [2.45, 2.75) is 6.92 Å². The number of carbonyl (C=O) groups excluding carboxylic acids is 2. The van der Waals surface area contributed by atoms with Gasteiger partial charge in [-0.1, -0.05) is 37.9 Å². The standard InChI is InChI=1S/C16H12Br2N2O3/c1-10(21)23-15-6-5-14(18)8-12(15)9-19-20-16(22)11-3-2-4-13(17)7-11/h2-9H,1H3,(H,20,22)/b19-9-. The molecule has 0 aromatic heterocycles. The molecule has 1 N–H and O–H groups in total. The molecule has 2 aromatic rings. The van der Waals surface area contributed by atoms with E-state index in [0.717, 1.165) is 8.95 Å². The van der Waals surface area contributed by atoms with Gasteiger partial charge in [0.25, 0.3) is 5.91 Å². The first kappa shape index (κ1) is 17.4. The van der Waals surface area contributed by atoms with Crippen molar-refractivity contribution in [3.63, 3.8) is 0 Å². The van der Waals surface area contributed by atoms with Crippen LogP contribution in [0.2, 0.25) is 0 Å². The van der Waals surface area contributed by atoms with Crippen molar-refractivity contribution in [1.82, 2.24) is 5.43 Å². The van der Waals surface area contributed by atoms with E-state index >= 15 is 0 Å². The van der Waals surface area contributed by atoms with Crippen molar-refractivity contribution >= 4 is 50.0 Å². The van der Waals surface area contributed by atoms with Crippen LogP contribution in [-0.2, 0) is 4.79 Å². The lowest BCUT2D eigenvalue weighted by atomic mass is 10.2. The molecular weight excluding hydrogens is 428 g/mol. The Bertz CT molecular complexity index is 776. The third-order valence-electron chi connectivity index (χ3n) is 2.68. The van der Waals surface area contributed by atoms with Gasteiger partial charge in [-0.25, -0.2) is 5.43 Å². The van der Waals surface area contributed by atoms with Crippen LogP contribution in [-0.4, -0.2) is 18.1 Å². The highest BCUT2D eigenvalue weighted by atomic mass is 79.9. The zero-order valence-electron chi connectivity index (χ0n) is 12.0. The SMILES string of the molecule is CC(=O)Oc1ccc(Br)cc1/C=N\NC(=O)c1cccc(Br)c1. The Morgan fingerprint density at radius 2 is 1.87 bits per heavy atom. The molecule has 23 heavy (non-hydrogen) atoms. The number of hydrazone groups is 1. The first-order valence-electron chi connectivity index (χ1n) is 6.52. The van der Waals surface area contributed by atoms with Gasteiger partial charge >= 0.3 is 5.97 Å². The molecule has 0 unspecified atom stereocenters. The summed E-state index contributed by atoms with van der Waals surface area (Å²) in [5, 5.41) is 3.90. The van der Waals surface area contributed by atoms with Gasteiger partial charge < -0.3 is 4.74 Å². The number of carbonyl (C=O) groups is 2. The molecule has 0 spiro atoms. The number of rotatable bonds is 4. The Labute approximate surface area is 150 Å². The molecule has 0 saturated heterocycles. The van der Waals surface area contributed by atoms with Gasteiger partial charge in [-0.3, -0.25) is 9.59 Å². The van der Waals surface area contributed by atoms with Crippen LogP contribution in [0.1, 0.15) is 22.8 Å². The Morgan fingerprint density at radius 1 is 1.13 bits per heavy atom. The molecule has 0 radical (unpaired) electrons. The van der Waals surface area contributed by atoms with E-state index in [4.69, 9.17) is 4.74 Å². The molecule has 1 amide bonds. The number of ether oxygens (including phenoxy) is 1. The second kappa shape index (κ2) is 8.03. The van der Waals surface area contributed by atoms with Crippen LogP contribution in [0.15, 0.2) is 56.5 Å². The number of hydrogen-bond donors (Lipinski definition) is 1. The number of esters is 1. The highest BCUT2D eigenvalue weighted by Crippen LogP contribution is 2.22. The zero-order valence-corrected chi connectivity index (χ0v) is 15.2. The topological polar surface area (TPSA) is 67.8 Å². The molecular formula is C16H12Br2N2O3. The molecule has 0 aliphatic carbocycles. The molecule has 0 bridgehead atoms. The highest BCUT2D eigenvalue weighted by molar-refractivity contribution is 9.10. The summed E-state index contributed by atoms with van der Waals surface area (Å²) in [6.07, 6.45) is 1.42. The summed E-state index contributed by atoms with van der Waals surface area (Å²) in [6.45, 7) is 1.32. The molecule has 118 valence electrons. The third kappa shape index (κ3) is 5.30. The molecule has 7 heteroatoms. The molecule has 2 aromatic carbocycles. The summed E-state index contributed by atoms with van der Waals surface area (Å²) in [6, 6.07) is 12.1. The fourth-order valence-corrected chi connectivity index (χ4v) is 2.50. The van der Waals surface area contributed by atoms with Gasteiger partial charge in [0.05, 0.1) is 6.21 Å². The minimum atomic E-state index is -0.430. The Hall–Kier alpha value is -1.99. The van der Waals surface area contributed by atoms with Gasteiger partial charge in [-0.2, -0.15) is 5.10 Å². The van der Waals surface area contributed by atoms with Crippen LogP contribution in [0.25, 0.3) is 0 Å². The lowest BCUT2D eigenvalue weighted by Crippen LogP contribution is -2.17. The molecule has 5 nitrogen and oxygen atoms in total. The van der Waals surface area contributed by atoms with E-state index < -0.39 is 5.97 Å². The van der Waals surface area contributed by atoms with Gasteiger partial charge in [0, 0.05) is 27.0 Å². The lowest BCUT2D eigenvalue weighted by Gasteiger charge is -2.06. The van der Waals surface area contributed by atoms with Crippen LogP contribution < -0.4 is 10.2 Å². The maximum Gasteiger partial charge on any atom is 0.308 e. The van der Waals surface area contributed by atoms with E-state index in [9.17, 15) is 9.59 Å². The molecule has 0 aliphatic rings. The number of nitrogens with zero attached hydrogens (tertiary/aromatic N) is 1. The molecule has 2 rings (SSSR count). The van der Waals surface area contributed by atoms with E-state index in [2.05, 4.69) is 42.4 Å². The number of halogens is 2. The Balaban J connectivity index is 2.12. The van der Waals surface area contributed by atoms with Gasteiger partial charge in [0.15, 0.2) is 0 Å². The van der Waals surface area contributed by atoms with Crippen LogP contribution in [0, 0.1) is 0 Å². The number of benzene rings is 2. The first-order valence-corrected chi connectivity index (χ1v) is 8.11. The van der Waals surface area contributed by atoms with Crippen LogP contribution in [0.5, 0.6) is 5.75 Å². The van der Waals surface area contributed by atoms with Crippen molar-refractivity contribution < 1.29 is 14.3 Å². The van der Waals surface area contributed by atoms with Gasteiger partial charge in [0.1, 0.15) is 5.75 Å². The van der Waals surface area contributed by atoms with Gasteiger partial charge in [-0.05, 0) is 36.4 Å². The van der Waals surface area contributed by atoms with Crippen LogP contribution in [0.3, 0.4) is 0 Å². The first-order chi connectivity index (χ1) is 11.0. The van der Waals surface area contributed by atoms with Crippen molar-refractivity contribution in [2.24, 2.45) is 5.10 Å². The molecule has 0 saturated carbocycles.